The molecule has 100 valence electrons. The minimum atomic E-state index is -4.95. The summed E-state index contributed by atoms with van der Waals surface area (Å²) < 4.78 is 74.7. The van der Waals surface area contributed by atoms with Gasteiger partial charge in [-0.05, 0) is 30.4 Å². The van der Waals surface area contributed by atoms with Gasteiger partial charge in [0, 0.05) is 0 Å². The lowest BCUT2D eigenvalue weighted by atomic mass is 10.1. The van der Waals surface area contributed by atoms with Crippen LogP contribution in [0.2, 0.25) is 0 Å². The predicted octanol–water partition coefficient (Wildman–Crippen LogP) is 3.38. The van der Waals surface area contributed by atoms with Gasteiger partial charge in [0.1, 0.15) is 0 Å². The average Bonchev–Trinajstić information content (AvgIpc) is 2.13. The van der Waals surface area contributed by atoms with Crippen molar-refractivity contribution in [2.24, 2.45) is 5.73 Å². The number of benzene rings is 1. The van der Waals surface area contributed by atoms with Gasteiger partial charge in [-0.2, -0.15) is 26.3 Å². The van der Waals surface area contributed by atoms with Gasteiger partial charge in [-0.3, -0.25) is 0 Å². The van der Waals surface area contributed by atoms with E-state index in [0.29, 0.717) is 12.1 Å². The molecule has 1 aromatic rings. The zero-order chi connectivity index (χ0) is 14.1. The van der Waals surface area contributed by atoms with Crippen molar-refractivity contribution in [3.05, 3.63) is 29.3 Å². The van der Waals surface area contributed by atoms with E-state index in [2.05, 4.69) is 12.2 Å². The molecule has 0 radical (unpaired) electrons. The van der Waals surface area contributed by atoms with Gasteiger partial charge in [-0.15, -0.1) is 0 Å². The number of hydrogen-bond donors (Lipinski definition) is 2. The second-order valence-electron chi connectivity index (χ2n) is 3.25. The van der Waals surface area contributed by atoms with Crippen LogP contribution in [-0.2, 0) is 12.4 Å². The maximum absolute atomic E-state index is 12.6. The molecule has 0 saturated heterocycles. The van der Waals surface area contributed by atoms with E-state index in [-0.39, 0.29) is 6.07 Å². The first-order chi connectivity index (χ1) is 8.01. The van der Waals surface area contributed by atoms with Gasteiger partial charge >= 0.3 is 12.4 Å². The normalized spacial score (nSPS) is 12.3. The Balaban J connectivity index is 3.34. The molecular formula is C9H6F6N2S. The minimum absolute atomic E-state index is 0.000602. The molecule has 1 aromatic carbocycles. The topological polar surface area (TPSA) is 38.0 Å². The molecule has 0 aliphatic heterocycles. The zero-order valence-corrected chi connectivity index (χ0v) is 9.30. The molecule has 0 aliphatic rings. The Kier molecular flexibility index (Phi) is 3.75. The van der Waals surface area contributed by atoms with Crippen LogP contribution in [0.5, 0.6) is 0 Å². The van der Waals surface area contributed by atoms with Crippen molar-refractivity contribution < 1.29 is 26.3 Å². The van der Waals surface area contributed by atoms with Crippen LogP contribution < -0.4 is 11.1 Å². The molecule has 0 aromatic heterocycles. The fourth-order valence-corrected chi connectivity index (χ4v) is 1.31. The molecule has 0 atom stereocenters. The highest BCUT2D eigenvalue weighted by molar-refractivity contribution is 7.80. The number of nitrogens with two attached hydrogens (primary N) is 1. The molecule has 0 spiro atoms. The predicted molar refractivity (Wildman–Crippen MR) is 56.9 cm³/mol. The van der Waals surface area contributed by atoms with Gasteiger partial charge in [0.05, 0.1) is 16.8 Å². The molecule has 9 heteroatoms. The summed E-state index contributed by atoms with van der Waals surface area (Å²) in [4.78, 5) is 0. The molecule has 0 heterocycles. The zero-order valence-electron chi connectivity index (χ0n) is 8.49. The summed E-state index contributed by atoms with van der Waals surface area (Å²) in [5.41, 5.74) is 1.49. The Morgan fingerprint density at radius 2 is 1.61 bits per heavy atom. The first-order valence-electron chi connectivity index (χ1n) is 4.36. The third kappa shape index (κ3) is 3.49. The molecule has 1 rings (SSSR count). The summed E-state index contributed by atoms with van der Waals surface area (Å²) in [5.74, 6) is 0. The molecule has 2 nitrogen and oxygen atoms in total. The SMILES string of the molecule is NC(=S)Nc1ccc(C(F)(F)F)cc1C(F)(F)F. The van der Waals surface area contributed by atoms with Crippen LogP contribution in [0.25, 0.3) is 0 Å². The van der Waals surface area contributed by atoms with E-state index in [0.717, 1.165) is 0 Å². The Morgan fingerprint density at radius 1 is 1.06 bits per heavy atom. The minimum Gasteiger partial charge on any atom is -0.376 e. The van der Waals surface area contributed by atoms with Gasteiger partial charge in [0.2, 0.25) is 0 Å². The third-order valence-electron chi connectivity index (χ3n) is 1.91. The molecule has 3 N–H and O–H groups in total. The van der Waals surface area contributed by atoms with Crippen LogP contribution in [-0.4, -0.2) is 5.11 Å². The van der Waals surface area contributed by atoms with Crippen molar-refractivity contribution in [2.45, 2.75) is 12.4 Å². The number of halogens is 6. The van der Waals surface area contributed by atoms with Crippen molar-refractivity contribution in [3.8, 4) is 0 Å². The lowest BCUT2D eigenvalue weighted by Crippen LogP contribution is -2.22. The average molecular weight is 288 g/mol. The van der Waals surface area contributed by atoms with Gasteiger partial charge in [0.25, 0.3) is 0 Å². The van der Waals surface area contributed by atoms with Crippen LogP contribution in [0.4, 0.5) is 32.0 Å². The molecule has 0 unspecified atom stereocenters. The Morgan fingerprint density at radius 3 is 2.00 bits per heavy atom. The summed E-state index contributed by atoms with van der Waals surface area (Å²) in [5, 5.41) is 1.51. The largest absolute Gasteiger partial charge is 0.418 e. The summed E-state index contributed by atoms with van der Waals surface area (Å²) in [6.45, 7) is 0. The van der Waals surface area contributed by atoms with Crippen molar-refractivity contribution in [1.82, 2.24) is 0 Å². The highest BCUT2D eigenvalue weighted by Crippen LogP contribution is 2.39. The van der Waals surface area contributed by atoms with Crippen molar-refractivity contribution in [3.63, 3.8) is 0 Å². The molecular weight excluding hydrogens is 282 g/mol. The van der Waals surface area contributed by atoms with Crippen LogP contribution in [0.1, 0.15) is 11.1 Å². The van der Waals surface area contributed by atoms with E-state index in [4.69, 9.17) is 5.73 Å². The van der Waals surface area contributed by atoms with E-state index < -0.39 is 34.3 Å². The third-order valence-corrected chi connectivity index (χ3v) is 2.01. The van der Waals surface area contributed by atoms with E-state index in [1.165, 1.54) is 0 Å². The van der Waals surface area contributed by atoms with Crippen molar-refractivity contribution in [1.29, 1.82) is 0 Å². The van der Waals surface area contributed by atoms with Gasteiger partial charge in [0.15, 0.2) is 5.11 Å². The van der Waals surface area contributed by atoms with Crippen LogP contribution in [0, 0.1) is 0 Å². The molecule has 0 saturated carbocycles. The highest BCUT2D eigenvalue weighted by Gasteiger charge is 2.38. The van der Waals surface area contributed by atoms with Gasteiger partial charge in [-0.25, -0.2) is 0 Å². The van der Waals surface area contributed by atoms with Crippen molar-refractivity contribution in [2.75, 3.05) is 5.32 Å². The first-order valence-corrected chi connectivity index (χ1v) is 4.77. The van der Waals surface area contributed by atoms with Gasteiger partial charge < -0.3 is 11.1 Å². The van der Waals surface area contributed by atoms with E-state index in [1.807, 2.05) is 5.32 Å². The summed E-state index contributed by atoms with van der Waals surface area (Å²) >= 11 is 4.34. The maximum atomic E-state index is 12.6. The maximum Gasteiger partial charge on any atom is 0.418 e. The standard InChI is InChI=1S/C9H6F6N2S/c10-8(11,12)4-1-2-6(17-7(16)18)5(3-4)9(13,14)15/h1-3H,(H3,16,17,18). The fourth-order valence-electron chi connectivity index (χ4n) is 1.20. The summed E-state index contributed by atoms with van der Waals surface area (Å²) in [6, 6.07) is 1.14. The molecule has 0 fully saturated rings. The number of alkyl halides is 6. The highest BCUT2D eigenvalue weighted by atomic mass is 32.1. The van der Waals surface area contributed by atoms with E-state index in [1.54, 1.807) is 0 Å². The smallest absolute Gasteiger partial charge is 0.376 e. The molecule has 0 amide bonds. The van der Waals surface area contributed by atoms with Crippen LogP contribution in [0.15, 0.2) is 18.2 Å². The number of anilines is 1. The van der Waals surface area contributed by atoms with Crippen molar-refractivity contribution >= 4 is 23.0 Å². The Bertz CT molecular complexity index is 465. The van der Waals surface area contributed by atoms with E-state index in [9.17, 15) is 26.3 Å². The van der Waals surface area contributed by atoms with Crippen LogP contribution >= 0.6 is 12.2 Å². The second-order valence-corrected chi connectivity index (χ2v) is 3.68. The number of hydrogen-bond acceptors (Lipinski definition) is 1. The van der Waals surface area contributed by atoms with E-state index >= 15 is 0 Å². The monoisotopic (exact) mass is 288 g/mol. The number of nitrogens with one attached hydrogen (secondary N) is 1. The van der Waals surface area contributed by atoms with Gasteiger partial charge in [-0.1, -0.05) is 0 Å². The number of thiocarbonyl (C=S) groups is 1. The lowest BCUT2D eigenvalue weighted by Gasteiger charge is -2.16. The lowest BCUT2D eigenvalue weighted by molar-refractivity contribution is -0.142. The number of rotatable bonds is 1. The Hall–Kier alpha value is -1.51. The molecule has 18 heavy (non-hydrogen) atoms. The quantitative estimate of drug-likeness (QED) is 0.614. The first kappa shape index (κ1) is 14.6. The fraction of sp³-hybridized carbons (Fsp3) is 0.222. The summed E-state index contributed by atoms with van der Waals surface area (Å²) in [7, 11) is 0. The summed E-state index contributed by atoms with van der Waals surface area (Å²) in [6.07, 6.45) is -9.81. The second kappa shape index (κ2) is 4.63. The van der Waals surface area contributed by atoms with Crippen LogP contribution in [0.3, 0.4) is 0 Å². The molecule has 0 bridgehead atoms. The molecule has 0 aliphatic carbocycles. The Labute approximate surface area is 103 Å².